The van der Waals surface area contributed by atoms with Crippen LogP contribution in [0.25, 0.3) is 10.4 Å². The number of carbonyl (C=O) groups excluding carboxylic acids is 6. The van der Waals surface area contributed by atoms with E-state index in [4.69, 9.17) is 33.2 Å². The highest BCUT2D eigenvalue weighted by Crippen LogP contribution is 2.42. The minimum atomic E-state index is -0.853. The van der Waals surface area contributed by atoms with Crippen molar-refractivity contribution < 1.29 is 61.9 Å². The normalized spacial score (nSPS) is 17.1. The Labute approximate surface area is 529 Å². The minimum Gasteiger partial charge on any atom is -0.493 e. The van der Waals surface area contributed by atoms with Crippen LogP contribution < -0.4 is 44.4 Å². The zero-order chi connectivity index (χ0) is 64.4. The van der Waals surface area contributed by atoms with Crippen LogP contribution >= 0.6 is 11.3 Å². The summed E-state index contributed by atoms with van der Waals surface area (Å²) in [5.41, 5.74) is 6.35. The van der Waals surface area contributed by atoms with Crippen LogP contribution in [-0.2, 0) is 39.9 Å². The van der Waals surface area contributed by atoms with Crippen LogP contribution in [-0.4, -0.2) is 130 Å². The van der Waals surface area contributed by atoms with Gasteiger partial charge in [-0.3, -0.25) is 24.0 Å². The van der Waals surface area contributed by atoms with Gasteiger partial charge in [-0.1, -0.05) is 96.0 Å². The molecule has 0 saturated carbocycles. The van der Waals surface area contributed by atoms with Crippen LogP contribution in [0.2, 0.25) is 0 Å². The molecule has 7 rings (SSSR count). The third-order valence-electron chi connectivity index (χ3n) is 16.8. The van der Waals surface area contributed by atoms with Gasteiger partial charge in [-0.05, 0) is 136 Å². The number of carbonyl (C=O) groups is 6. The fourth-order valence-corrected chi connectivity index (χ4v) is 12.7. The molecule has 3 N–H and O–H groups in total. The number of thiazole rings is 1. The van der Waals surface area contributed by atoms with Gasteiger partial charge in [-0.15, -0.1) is 11.3 Å². The Hall–Kier alpha value is -7.87. The van der Waals surface area contributed by atoms with Gasteiger partial charge in [-0.2, -0.15) is 0 Å². The summed E-state index contributed by atoms with van der Waals surface area (Å²) in [6.07, 6.45) is 5.74. The number of aromatic nitrogens is 1. The number of esters is 1. The van der Waals surface area contributed by atoms with E-state index < -0.39 is 41.5 Å². The van der Waals surface area contributed by atoms with Crippen molar-refractivity contribution in [2.75, 3.05) is 61.8 Å². The number of rotatable bonds is 30. The highest BCUT2D eigenvalue weighted by Gasteiger charge is 2.44. The third-order valence-corrected chi connectivity index (χ3v) is 17.8. The summed E-state index contributed by atoms with van der Waals surface area (Å²) in [4.78, 5) is 93.2. The highest BCUT2D eigenvalue weighted by atomic mass is 32.1. The van der Waals surface area contributed by atoms with Crippen molar-refractivity contribution in [2.24, 2.45) is 11.3 Å². The molecule has 2 fully saturated rings. The topological polar surface area (TPSA) is 222 Å². The number of methoxy groups -OCH3 is 5. The molecule has 5 amide bonds. The number of hydrogen-bond donors (Lipinski definition) is 3. The number of benzene rings is 4. The second-order valence-corrected chi connectivity index (χ2v) is 25.1. The Balaban J connectivity index is 0.912. The van der Waals surface area contributed by atoms with E-state index in [0.717, 1.165) is 52.9 Å². The molecule has 482 valence electrons. The van der Waals surface area contributed by atoms with Crippen molar-refractivity contribution in [1.29, 1.82) is 0 Å². The number of aryl methyl sites for hydroxylation is 2. The van der Waals surface area contributed by atoms with E-state index in [1.165, 1.54) is 21.3 Å². The van der Waals surface area contributed by atoms with Crippen LogP contribution in [0.4, 0.5) is 0 Å². The number of nitrogens with one attached hydrogen (secondary N) is 3. The van der Waals surface area contributed by atoms with Gasteiger partial charge < -0.3 is 58.9 Å². The number of hydrogen-bond acceptors (Lipinski definition) is 15. The second-order valence-electron chi connectivity index (χ2n) is 24.3. The smallest absolute Gasteiger partial charge is 0.329 e. The average Bonchev–Trinajstić information content (AvgIpc) is 2.23. The number of piperidine rings is 1. The van der Waals surface area contributed by atoms with Crippen molar-refractivity contribution in [1.82, 2.24) is 30.7 Å². The van der Waals surface area contributed by atoms with Crippen LogP contribution in [0, 0.1) is 18.3 Å². The zero-order valence-electron chi connectivity index (χ0n) is 54.0. The monoisotopic (exact) mass is 1240 g/mol. The molecule has 20 heteroatoms. The maximum Gasteiger partial charge on any atom is 0.329 e. The van der Waals surface area contributed by atoms with Crippen molar-refractivity contribution >= 4 is 46.8 Å². The summed E-state index contributed by atoms with van der Waals surface area (Å²) >= 11 is 1.59. The summed E-state index contributed by atoms with van der Waals surface area (Å²) in [6, 6.07) is 21.8. The number of para-hydroxylation sites is 1. The number of unbranched alkanes of at least 4 members (excludes halogenated alkanes) is 3. The molecular weight excluding hydrogens is 1150 g/mol. The Bertz CT molecular complexity index is 3170. The lowest BCUT2D eigenvalue weighted by molar-refractivity contribution is -0.162. The first-order chi connectivity index (χ1) is 42.7. The summed E-state index contributed by atoms with van der Waals surface area (Å²) in [5, 5.41) is 9.13. The Morgan fingerprint density at radius 3 is 2.08 bits per heavy atom. The molecule has 0 aliphatic carbocycles. The fourth-order valence-electron chi connectivity index (χ4n) is 11.9. The molecule has 2 aliphatic heterocycles. The molecule has 0 radical (unpaired) electrons. The van der Waals surface area contributed by atoms with Gasteiger partial charge in [-0.25, -0.2) is 9.78 Å². The molecule has 0 spiro atoms. The lowest BCUT2D eigenvalue weighted by atomic mass is 9.85. The van der Waals surface area contributed by atoms with Crippen LogP contribution in [0.3, 0.4) is 0 Å². The number of nitrogens with zero attached hydrogens (tertiary/aromatic N) is 3. The molecule has 19 nitrogen and oxygen atoms in total. The van der Waals surface area contributed by atoms with Crippen LogP contribution in [0.15, 0.2) is 84.4 Å². The first-order valence-electron chi connectivity index (χ1n) is 31.1. The molecule has 0 bridgehead atoms. The zero-order valence-corrected chi connectivity index (χ0v) is 54.8. The van der Waals surface area contributed by atoms with Gasteiger partial charge in [0.15, 0.2) is 29.6 Å². The molecule has 0 unspecified atom stereocenters. The molecule has 1 aromatic heterocycles. The molecule has 2 aliphatic rings. The predicted molar refractivity (Wildman–Crippen MR) is 343 cm³/mol. The first kappa shape index (κ1) is 68.6. The van der Waals surface area contributed by atoms with E-state index in [0.29, 0.717) is 110 Å². The highest BCUT2D eigenvalue weighted by molar-refractivity contribution is 7.13. The Morgan fingerprint density at radius 2 is 1.43 bits per heavy atom. The predicted octanol–water partition coefficient (Wildman–Crippen LogP) is 11.0. The van der Waals surface area contributed by atoms with Gasteiger partial charge in [0.1, 0.15) is 30.0 Å². The van der Waals surface area contributed by atoms with Gasteiger partial charge in [0.05, 0.1) is 63.6 Å². The summed E-state index contributed by atoms with van der Waals surface area (Å²) in [6.45, 7) is 14.5. The molecule has 3 heterocycles. The van der Waals surface area contributed by atoms with E-state index in [1.807, 2.05) is 109 Å². The first-order valence-corrected chi connectivity index (χ1v) is 32.0. The van der Waals surface area contributed by atoms with Gasteiger partial charge in [0, 0.05) is 31.6 Å². The third kappa shape index (κ3) is 17.9. The lowest BCUT2D eigenvalue weighted by Crippen LogP contribution is -2.57. The molecular formula is C69H92N6O13S. The minimum absolute atomic E-state index is 0.103. The van der Waals surface area contributed by atoms with Gasteiger partial charge >= 0.3 is 5.97 Å². The number of ether oxygens (including phenoxy) is 7. The summed E-state index contributed by atoms with van der Waals surface area (Å²) in [5.74, 6) is 0.458. The SMILES string of the molecule is CC[C@H](C(=O)N1CCCC[C@H]1C(=O)O[C@H](CCc1ccc(OC)c(OC)c1)c1ccccc1OCC(=O)NCCCCCCC(=O)N[C@H](C(=O)N1C[C@H](C)C[C@H]1C(=O)N[C@@H](C)c1ccc(-c2scnc2C)cc1)C(C)(C)C)c1cc(OC)c(OC)c(OC)c1. The molecule has 2 saturated heterocycles. The number of amides is 5. The van der Waals surface area contributed by atoms with E-state index in [2.05, 4.69) is 20.9 Å². The summed E-state index contributed by atoms with van der Waals surface area (Å²) in [7, 11) is 7.72. The van der Waals surface area contributed by atoms with E-state index in [1.54, 1.807) is 59.6 Å². The maximum absolute atomic E-state index is 14.7. The van der Waals surface area contributed by atoms with Crippen molar-refractivity contribution in [3.8, 4) is 44.9 Å². The van der Waals surface area contributed by atoms with Gasteiger partial charge in [0.2, 0.25) is 29.4 Å². The van der Waals surface area contributed by atoms with Crippen molar-refractivity contribution in [2.45, 2.75) is 162 Å². The molecule has 5 aromatic rings. The standard InChI is InChI=1S/C69H92N6O13S/c1-13-50(49-38-58(84-10)62(86-12)59(39-49)85-11)66(79)74-35-21-19-23-52(74)68(81)88-55(32-26-46-27-33-56(82-8)57(37-46)83-9)51-22-17-18-24-54(51)87-41-61(77)70-34-20-15-14-16-25-60(76)73-64(69(5,6)7)67(80)75-40-43(2)36-53(75)65(78)72-44(3)47-28-30-48(31-29-47)63-45(4)71-42-89-63/h17-18,22,24,27-31,33,37-39,42-44,50,52-53,55,64H,13-16,19-21,23,25-26,32,34-36,40-41H2,1-12H3,(H,70,77)(H,72,78)(H,73,76)/t43-,44+,50+,52+,53+,55-,64-/m1/s1. The largest absolute Gasteiger partial charge is 0.493 e. The van der Waals surface area contributed by atoms with Crippen molar-refractivity contribution in [3.05, 3.63) is 112 Å². The van der Waals surface area contributed by atoms with E-state index >= 15 is 0 Å². The average molecular weight is 1250 g/mol. The van der Waals surface area contributed by atoms with Crippen LogP contribution in [0.1, 0.15) is 158 Å². The van der Waals surface area contributed by atoms with E-state index in [9.17, 15) is 28.8 Å². The fraction of sp³-hybridized carbons (Fsp3) is 0.522. The Morgan fingerprint density at radius 1 is 0.730 bits per heavy atom. The number of likely N-dealkylation sites (tertiary alicyclic amines) is 2. The molecule has 7 atom stereocenters. The van der Waals surface area contributed by atoms with Crippen LogP contribution in [0.5, 0.6) is 34.5 Å². The summed E-state index contributed by atoms with van der Waals surface area (Å²) < 4.78 is 40.6. The Kier molecular flexibility index (Phi) is 25.1. The molecule has 89 heavy (non-hydrogen) atoms. The molecule has 4 aromatic carbocycles. The second kappa shape index (κ2) is 32.6. The van der Waals surface area contributed by atoms with Gasteiger partial charge in [0.25, 0.3) is 5.91 Å². The maximum atomic E-state index is 14.7. The van der Waals surface area contributed by atoms with E-state index in [-0.39, 0.29) is 54.5 Å². The van der Waals surface area contributed by atoms with Crippen molar-refractivity contribution in [3.63, 3.8) is 0 Å². The quantitative estimate of drug-likeness (QED) is 0.0288. The lowest BCUT2D eigenvalue weighted by Gasteiger charge is -2.37.